The molecule has 1 fully saturated rings. The summed E-state index contributed by atoms with van der Waals surface area (Å²) in [7, 11) is 2.33. The summed E-state index contributed by atoms with van der Waals surface area (Å²) in [6.07, 6.45) is 2.08. The number of aromatic nitrogens is 5. The quantitative estimate of drug-likeness (QED) is 0.155. The number of imidazole rings is 1. The number of nitrogens with zero attached hydrogens (tertiary/aromatic N) is 5. The Bertz CT molecular complexity index is 2530. The number of benzene rings is 5. The zero-order chi connectivity index (χ0) is 36.9. The highest BCUT2D eigenvalue weighted by Gasteiger charge is 2.50. The van der Waals surface area contributed by atoms with E-state index >= 15 is 0 Å². The average molecular weight is 698 g/mol. The molecule has 3 aromatic heterocycles. The lowest BCUT2D eigenvalue weighted by molar-refractivity contribution is 0.0881. The second-order valence-corrected chi connectivity index (χ2v) is 15.0. The van der Waals surface area contributed by atoms with Crippen molar-refractivity contribution in [1.82, 2.24) is 24.3 Å². The van der Waals surface area contributed by atoms with E-state index in [4.69, 9.17) is 24.6 Å². The summed E-state index contributed by atoms with van der Waals surface area (Å²) >= 11 is 0. The zero-order valence-electron chi connectivity index (χ0n) is 30.8. The van der Waals surface area contributed by atoms with Crippen molar-refractivity contribution in [2.75, 3.05) is 0 Å². The second kappa shape index (κ2) is 13.4. The van der Waals surface area contributed by atoms with Crippen LogP contribution in [0.2, 0.25) is 5.31 Å². The predicted octanol–water partition coefficient (Wildman–Crippen LogP) is 9.93. The van der Waals surface area contributed by atoms with Gasteiger partial charge in [-0.25, -0.2) is 19.9 Å². The topological polar surface area (TPSA) is 65.2 Å². The molecule has 1 aliphatic rings. The summed E-state index contributed by atoms with van der Waals surface area (Å²) in [4.78, 5) is 20.2. The minimum absolute atomic E-state index is 0.131. The van der Waals surface area contributed by atoms with Crippen molar-refractivity contribution in [2.45, 2.75) is 38.6 Å². The minimum Gasteiger partial charge on any atom is -0.435 e. The molecule has 1 saturated heterocycles. The molecule has 0 amide bonds. The van der Waals surface area contributed by atoms with E-state index in [-0.39, 0.29) is 17.7 Å². The number of fused-ring (bicyclic) bond motifs is 1. The molecule has 1 aliphatic heterocycles. The van der Waals surface area contributed by atoms with Gasteiger partial charge in [-0.15, -0.1) is 0 Å². The fraction of sp³-hybridized carbons (Fsp3) is 0.130. The highest BCUT2D eigenvalue weighted by atomic mass is 16.5. The van der Waals surface area contributed by atoms with Gasteiger partial charge in [0.05, 0.1) is 11.4 Å². The predicted molar refractivity (Wildman–Crippen MR) is 222 cm³/mol. The van der Waals surface area contributed by atoms with Crippen LogP contribution in [0.1, 0.15) is 27.7 Å². The maximum absolute atomic E-state index is 6.76. The van der Waals surface area contributed by atoms with Crippen LogP contribution in [0.15, 0.2) is 158 Å². The molecule has 9 rings (SSSR count). The van der Waals surface area contributed by atoms with Gasteiger partial charge in [-0.2, -0.15) is 0 Å². The van der Waals surface area contributed by atoms with Gasteiger partial charge in [-0.1, -0.05) is 153 Å². The number of hydrogen-bond acceptors (Lipinski definition) is 5. The van der Waals surface area contributed by atoms with Crippen LogP contribution in [-0.2, 0) is 4.65 Å². The van der Waals surface area contributed by atoms with Crippen molar-refractivity contribution in [3.05, 3.63) is 158 Å². The molecular formula is C46H38B2N5O. The molecule has 1 radical (unpaired) electrons. The normalized spacial score (nSPS) is 14.6. The van der Waals surface area contributed by atoms with Gasteiger partial charge in [-0.05, 0) is 48.5 Å². The summed E-state index contributed by atoms with van der Waals surface area (Å²) in [5.41, 5.74) is 10.7. The maximum atomic E-state index is 6.76. The molecule has 54 heavy (non-hydrogen) atoms. The molecule has 0 atom stereocenters. The third kappa shape index (κ3) is 6.22. The van der Waals surface area contributed by atoms with E-state index < -0.39 is 0 Å². The number of hydrogen-bond donors (Lipinski definition) is 0. The van der Waals surface area contributed by atoms with E-state index in [0.29, 0.717) is 17.5 Å². The van der Waals surface area contributed by atoms with E-state index in [1.54, 1.807) is 0 Å². The smallest absolute Gasteiger partial charge is 0.280 e. The second-order valence-electron chi connectivity index (χ2n) is 15.0. The molecule has 5 aromatic carbocycles. The lowest BCUT2D eigenvalue weighted by Gasteiger charge is -2.34. The first-order valence-corrected chi connectivity index (χ1v) is 18.4. The fourth-order valence-electron chi connectivity index (χ4n) is 7.19. The summed E-state index contributed by atoms with van der Waals surface area (Å²) < 4.78 is 8.92. The van der Waals surface area contributed by atoms with Crippen molar-refractivity contribution in [1.29, 1.82) is 0 Å². The molecule has 0 N–H and O–H groups in total. The Hall–Kier alpha value is -6.11. The van der Waals surface area contributed by atoms with E-state index in [0.717, 1.165) is 61.4 Å². The van der Waals surface area contributed by atoms with E-state index in [9.17, 15) is 0 Å². The van der Waals surface area contributed by atoms with Crippen LogP contribution in [0.5, 0.6) is 0 Å². The molecule has 8 aromatic rings. The average Bonchev–Trinajstić information content (AvgIpc) is 3.71. The Labute approximate surface area is 317 Å². The molecule has 259 valence electrons. The van der Waals surface area contributed by atoms with Crippen molar-refractivity contribution >= 4 is 25.1 Å². The van der Waals surface area contributed by atoms with Crippen LogP contribution >= 0.6 is 0 Å². The monoisotopic (exact) mass is 698 g/mol. The summed E-state index contributed by atoms with van der Waals surface area (Å²) in [6.45, 7) is 8.61. The first-order valence-electron chi connectivity index (χ1n) is 18.4. The first-order chi connectivity index (χ1) is 26.2. The van der Waals surface area contributed by atoms with Crippen LogP contribution in [0.3, 0.4) is 0 Å². The molecule has 0 aliphatic carbocycles. The van der Waals surface area contributed by atoms with Crippen LogP contribution in [-0.4, -0.2) is 43.9 Å². The van der Waals surface area contributed by atoms with Gasteiger partial charge >= 0.3 is 0 Å². The lowest BCUT2D eigenvalue weighted by atomic mass is 9.23. The lowest BCUT2D eigenvalue weighted by Crippen LogP contribution is -2.37. The third-order valence-corrected chi connectivity index (χ3v) is 10.9. The SMILES string of the molecule is CC1(C)[B]B(c2cc(-c3ccc(-c4nc5ccccn5c4-c4ccccc4)cc3)cc(-c3nc(-c4ccccc4)nc(-c4ccccc4)n3)c2)OC1(C)C. The zero-order valence-corrected chi connectivity index (χ0v) is 30.8. The molecule has 0 bridgehead atoms. The van der Waals surface area contributed by atoms with E-state index in [1.807, 2.05) is 78.9 Å². The Morgan fingerprint density at radius 1 is 0.500 bits per heavy atom. The number of rotatable bonds is 7. The van der Waals surface area contributed by atoms with Gasteiger partial charge in [0.1, 0.15) is 12.8 Å². The molecule has 8 heteroatoms. The molecule has 0 saturated carbocycles. The summed E-state index contributed by atoms with van der Waals surface area (Å²) in [5, 5.41) is -0.131. The molecular weight excluding hydrogens is 660 g/mol. The Morgan fingerprint density at radius 3 is 1.59 bits per heavy atom. The van der Waals surface area contributed by atoms with Gasteiger partial charge in [0.25, 0.3) is 6.81 Å². The van der Waals surface area contributed by atoms with Crippen LogP contribution in [0, 0.1) is 0 Å². The van der Waals surface area contributed by atoms with Crippen LogP contribution in [0.4, 0.5) is 0 Å². The van der Waals surface area contributed by atoms with Gasteiger partial charge < -0.3 is 4.65 Å². The van der Waals surface area contributed by atoms with Crippen LogP contribution in [0.25, 0.3) is 73.5 Å². The highest BCUT2D eigenvalue weighted by Crippen LogP contribution is 2.45. The van der Waals surface area contributed by atoms with E-state index in [2.05, 4.69) is 118 Å². The standard InChI is InChI=1S/C46H38B2N5O/c1-45(2)46(3,4)54-48(47-45)38-29-36(28-37(30-38)44-51-42(34-18-10-6-11-19-34)50-43(52-44)35-20-12-7-13-21-35)31-23-25-32(26-24-31)40-41(33-16-8-5-9-17-33)53-27-15-14-22-39(53)49-40/h5-30H,1-4H3. The Balaban J connectivity index is 1.18. The van der Waals surface area contributed by atoms with Gasteiger partial charge in [0.15, 0.2) is 17.5 Å². The van der Waals surface area contributed by atoms with Crippen molar-refractivity contribution in [2.24, 2.45) is 0 Å². The van der Waals surface area contributed by atoms with Crippen molar-refractivity contribution < 1.29 is 4.65 Å². The molecule has 4 heterocycles. The highest BCUT2D eigenvalue weighted by molar-refractivity contribution is 7.18. The molecule has 0 spiro atoms. The maximum Gasteiger partial charge on any atom is 0.280 e. The first kappa shape index (κ1) is 33.7. The summed E-state index contributed by atoms with van der Waals surface area (Å²) in [5.74, 6) is 1.86. The third-order valence-electron chi connectivity index (χ3n) is 10.9. The minimum atomic E-state index is -0.339. The van der Waals surface area contributed by atoms with Gasteiger partial charge in [-0.3, -0.25) is 4.40 Å². The van der Waals surface area contributed by atoms with Gasteiger partial charge in [0.2, 0.25) is 0 Å². The largest absolute Gasteiger partial charge is 0.435 e. The Kier molecular flexibility index (Phi) is 8.36. The van der Waals surface area contributed by atoms with Crippen LogP contribution < -0.4 is 5.46 Å². The Morgan fingerprint density at radius 2 is 1.02 bits per heavy atom. The van der Waals surface area contributed by atoms with Crippen molar-refractivity contribution in [3.8, 4) is 67.8 Å². The molecule has 6 nitrogen and oxygen atoms in total. The van der Waals surface area contributed by atoms with Crippen molar-refractivity contribution in [3.63, 3.8) is 0 Å². The number of pyridine rings is 1. The molecule has 0 unspecified atom stereocenters. The van der Waals surface area contributed by atoms with E-state index in [1.165, 1.54) is 0 Å². The summed E-state index contributed by atoms with van der Waals surface area (Å²) in [6, 6.07) is 52.1. The fourth-order valence-corrected chi connectivity index (χ4v) is 7.19. The van der Waals surface area contributed by atoms with Gasteiger partial charge in [0, 0.05) is 39.6 Å².